The number of fused-ring (bicyclic) bond motifs is 1. The molecule has 0 heterocycles. The van der Waals surface area contributed by atoms with Crippen molar-refractivity contribution >= 4 is 28.3 Å². The molecule has 0 aliphatic rings. The molecular formula is C20H18ClNO. The van der Waals surface area contributed by atoms with Crippen LogP contribution in [0.4, 0.5) is 0 Å². The summed E-state index contributed by atoms with van der Waals surface area (Å²) in [6.07, 6.45) is 0.378. The van der Waals surface area contributed by atoms with Crippen LogP contribution in [-0.2, 0) is 11.2 Å². The molecule has 0 aliphatic heterocycles. The molecule has 3 rings (SSSR count). The summed E-state index contributed by atoms with van der Waals surface area (Å²) in [5.41, 5.74) is 2.06. The summed E-state index contributed by atoms with van der Waals surface area (Å²) in [6.45, 7) is 1.97. The highest BCUT2D eigenvalue weighted by molar-refractivity contribution is 6.30. The molecule has 3 aromatic rings. The fraction of sp³-hybridized carbons (Fsp3) is 0.150. The van der Waals surface area contributed by atoms with E-state index >= 15 is 0 Å². The maximum absolute atomic E-state index is 12.3. The molecule has 0 fully saturated rings. The van der Waals surface area contributed by atoms with Gasteiger partial charge in [0.25, 0.3) is 0 Å². The van der Waals surface area contributed by atoms with E-state index in [4.69, 9.17) is 11.6 Å². The van der Waals surface area contributed by atoms with Crippen molar-refractivity contribution in [3.8, 4) is 0 Å². The van der Waals surface area contributed by atoms with E-state index in [9.17, 15) is 4.79 Å². The van der Waals surface area contributed by atoms with Gasteiger partial charge in [-0.25, -0.2) is 0 Å². The van der Waals surface area contributed by atoms with Crippen molar-refractivity contribution in [1.82, 2.24) is 5.32 Å². The number of rotatable bonds is 4. The minimum Gasteiger partial charge on any atom is -0.349 e. The molecule has 1 N–H and O–H groups in total. The van der Waals surface area contributed by atoms with Gasteiger partial charge in [0, 0.05) is 5.02 Å². The van der Waals surface area contributed by atoms with E-state index in [0.29, 0.717) is 11.4 Å². The van der Waals surface area contributed by atoms with Crippen LogP contribution in [0.3, 0.4) is 0 Å². The van der Waals surface area contributed by atoms with Gasteiger partial charge in [-0.1, -0.05) is 66.2 Å². The summed E-state index contributed by atoms with van der Waals surface area (Å²) in [6, 6.07) is 21.8. The van der Waals surface area contributed by atoms with Crippen LogP contribution < -0.4 is 5.32 Å². The first-order valence-electron chi connectivity index (χ1n) is 7.64. The fourth-order valence-corrected chi connectivity index (χ4v) is 2.79. The lowest BCUT2D eigenvalue weighted by Gasteiger charge is -2.14. The normalized spacial score (nSPS) is 12.1. The fourth-order valence-electron chi connectivity index (χ4n) is 2.66. The van der Waals surface area contributed by atoms with Gasteiger partial charge < -0.3 is 5.32 Å². The largest absolute Gasteiger partial charge is 0.349 e. The van der Waals surface area contributed by atoms with Crippen molar-refractivity contribution in [2.45, 2.75) is 19.4 Å². The Morgan fingerprint density at radius 1 is 1.00 bits per heavy atom. The van der Waals surface area contributed by atoms with Gasteiger partial charge in [0.1, 0.15) is 0 Å². The van der Waals surface area contributed by atoms with E-state index < -0.39 is 0 Å². The average Bonchev–Trinajstić information content (AvgIpc) is 2.55. The molecule has 23 heavy (non-hydrogen) atoms. The van der Waals surface area contributed by atoms with Crippen LogP contribution >= 0.6 is 11.6 Å². The topological polar surface area (TPSA) is 29.1 Å². The average molecular weight is 324 g/mol. The molecule has 0 aliphatic carbocycles. The Morgan fingerprint density at radius 2 is 1.70 bits per heavy atom. The number of amides is 1. The van der Waals surface area contributed by atoms with Crippen LogP contribution in [0.5, 0.6) is 0 Å². The SMILES string of the molecule is C[C@H](NC(=O)Cc1ccc2ccccc2c1)c1ccc(Cl)cc1. The van der Waals surface area contributed by atoms with Crippen LogP contribution in [-0.4, -0.2) is 5.91 Å². The summed E-state index contributed by atoms with van der Waals surface area (Å²) >= 11 is 5.89. The molecule has 2 nitrogen and oxygen atoms in total. The van der Waals surface area contributed by atoms with Gasteiger partial charge in [0.15, 0.2) is 0 Å². The zero-order chi connectivity index (χ0) is 16.2. The maximum Gasteiger partial charge on any atom is 0.224 e. The van der Waals surface area contributed by atoms with E-state index in [1.54, 1.807) is 0 Å². The first-order valence-corrected chi connectivity index (χ1v) is 8.02. The van der Waals surface area contributed by atoms with Crippen LogP contribution in [0.25, 0.3) is 10.8 Å². The Hall–Kier alpha value is -2.32. The zero-order valence-electron chi connectivity index (χ0n) is 12.9. The molecule has 0 radical (unpaired) electrons. The number of hydrogen-bond acceptors (Lipinski definition) is 1. The molecule has 0 unspecified atom stereocenters. The lowest BCUT2D eigenvalue weighted by atomic mass is 10.0. The Morgan fingerprint density at radius 3 is 2.43 bits per heavy atom. The summed E-state index contributed by atoms with van der Waals surface area (Å²) in [7, 11) is 0. The minimum absolute atomic E-state index is 0.0164. The highest BCUT2D eigenvalue weighted by atomic mass is 35.5. The number of carbonyl (C=O) groups is 1. The summed E-state index contributed by atoms with van der Waals surface area (Å²) in [5, 5.41) is 6.07. The minimum atomic E-state index is -0.0415. The van der Waals surface area contributed by atoms with Crippen LogP contribution in [0, 0.1) is 0 Å². The zero-order valence-corrected chi connectivity index (χ0v) is 13.7. The molecule has 116 valence electrons. The molecule has 0 bridgehead atoms. The van der Waals surface area contributed by atoms with Gasteiger partial charge in [-0.3, -0.25) is 4.79 Å². The van der Waals surface area contributed by atoms with E-state index in [1.165, 1.54) is 5.39 Å². The molecular weight excluding hydrogens is 306 g/mol. The predicted octanol–water partition coefficient (Wildman–Crippen LogP) is 4.91. The van der Waals surface area contributed by atoms with Crippen molar-refractivity contribution in [1.29, 1.82) is 0 Å². The monoisotopic (exact) mass is 323 g/mol. The standard InChI is InChI=1S/C20H18ClNO/c1-14(16-8-10-19(21)11-9-16)22-20(23)13-15-6-7-17-4-2-3-5-18(17)12-15/h2-12,14H,13H2,1H3,(H,22,23)/t14-/m0/s1. The van der Waals surface area contributed by atoms with Crippen LogP contribution in [0.2, 0.25) is 5.02 Å². The van der Waals surface area contributed by atoms with E-state index in [2.05, 4.69) is 29.6 Å². The molecule has 0 saturated carbocycles. The second-order valence-electron chi connectivity index (χ2n) is 5.70. The second kappa shape index (κ2) is 6.84. The Kier molecular flexibility index (Phi) is 4.63. The molecule has 0 saturated heterocycles. The van der Waals surface area contributed by atoms with Crippen molar-refractivity contribution < 1.29 is 4.79 Å². The number of benzene rings is 3. The number of carbonyl (C=O) groups excluding carboxylic acids is 1. The van der Waals surface area contributed by atoms with E-state index in [-0.39, 0.29) is 11.9 Å². The van der Waals surface area contributed by atoms with Gasteiger partial charge in [0.05, 0.1) is 12.5 Å². The number of nitrogens with one attached hydrogen (secondary N) is 1. The molecule has 0 spiro atoms. The van der Waals surface area contributed by atoms with Crippen molar-refractivity contribution in [2.75, 3.05) is 0 Å². The van der Waals surface area contributed by atoms with Gasteiger partial charge in [0.2, 0.25) is 5.91 Å². The van der Waals surface area contributed by atoms with Crippen LogP contribution in [0.1, 0.15) is 24.1 Å². The summed E-state index contributed by atoms with van der Waals surface area (Å²) < 4.78 is 0. The third kappa shape index (κ3) is 3.91. The van der Waals surface area contributed by atoms with Crippen molar-refractivity contribution in [3.63, 3.8) is 0 Å². The first kappa shape index (κ1) is 15.6. The lowest BCUT2D eigenvalue weighted by molar-refractivity contribution is -0.121. The van der Waals surface area contributed by atoms with Crippen LogP contribution in [0.15, 0.2) is 66.7 Å². The first-order chi connectivity index (χ1) is 11.1. The lowest BCUT2D eigenvalue weighted by Crippen LogP contribution is -2.28. The second-order valence-corrected chi connectivity index (χ2v) is 6.14. The Bertz CT molecular complexity index is 826. The van der Waals surface area contributed by atoms with Gasteiger partial charge in [-0.2, -0.15) is 0 Å². The van der Waals surface area contributed by atoms with Crippen molar-refractivity contribution in [3.05, 3.63) is 82.9 Å². The van der Waals surface area contributed by atoms with E-state index in [0.717, 1.165) is 16.5 Å². The predicted molar refractivity (Wildman–Crippen MR) is 95.7 cm³/mol. The third-order valence-corrected chi connectivity index (χ3v) is 4.18. The maximum atomic E-state index is 12.3. The van der Waals surface area contributed by atoms with Crippen molar-refractivity contribution in [2.24, 2.45) is 0 Å². The molecule has 1 atom stereocenters. The Labute approximate surface area is 141 Å². The summed E-state index contributed by atoms with van der Waals surface area (Å²) in [5.74, 6) is 0.0164. The van der Waals surface area contributed by atoms with Gasteiger partial charge in [-0.15, -0.1) is 0 Å². The van der Waals surface area contributed by atoms with Gasteiger partial charge in [-0.05, 0) is 41.0 Å². The Balaban J connectivity index is 1.67. The smallest absolute Gasteiger partial charge is 0.224 e. The third-order valence-electron chi connectivity index (χ3n) is 3.93. The summed E-state index contributed by atoms with van der Waals surface area (Å²) in [4.78, 5) is 12.3. The molecule has 3 heteroatoms. The van der Waals surface area contributed by atoms with E-state index in [1.807, 2.05) is 49.4 Å². The molecule has 1 amide bonds. The number of halogens is 1. The van der Waals surface area contributed by atoms with Gasteiger partial charge >= 0.3 is 0 Å². The molecule has 3 aromatic carbocycles. The highest BCUT2D eigenvalue weighted by Crippen LogP contribution is 2.18. The molecule has 0 aromatic heterocycles. The quantitative estimate of drug-likeness (QED) is 0.726. The number of hydrogen-bond donors (Lipinski definition) is 1. The highest BCUT2D eigenvalue weighted by Gasteiger charge is 2.10.